The Morgan fingerprint density at radius 2 is 1.90 bits per heavy atom. The SMILES string of the molecule is Cc1cccc(C(=O)NC(CBr)Cc2ccccc2)c1I. The topological polar surface area (TPSA) is 29.1 Å². The molecule has 0 fully saturated rings. The van der Waals surface area contributed by atoms with Crippen LogP contribution in [0.15, 0.2) is 48.5 Å². The maximum absolute atomic E-state index is 12.4. The first-order chi connectivity index (χ1) is 10.1. The largest absolute Gasteiger partial charge is 0.348 e. The molecule has 0 aliphatic carbocycles. The monoisotopic (exact) mass is 457 g/mol. The molecule has 0 saturated carbocycles. The second kappa shape index (κ2) is 7.94. The summed E-state index contributed by atoms with van der Waals surface area (Å²) < 4.78 is 1.01. The zero-order valence-corrected chi connectivity index (χ0v) is 15.5. The quantitative estimate of drug-likeness (QED) is 0.525. The highest BCUT2D eigenvalue weighted by Crippen LogP contribution is 2.17. The molecule has 21 heavy (non-hydrogen) atoms. The van der Waals surface area contributed by atoms with Crippen LogP contribution in [0.5, 0.6) is 0 Å². The van der Waals surface area contributed by atoms with Gasteiger partial charge in [0.1, 0.15) is 0 Å². The Morgan fingerprint density at radius 1 is 1.19 bits per heavy atom. The van der Waals surface area contributed by atoms with Crippen LogP contribution >= 0.6 is 38.5 Å². The zero-order chi connectivity index (χ0) is 15.2. The van der Waals surface area contributed by atoms with Crippen LogP contribution in [0, 0.1) is 10.5 Å². The normalized spacial score (nSPS) is 12.0. The molecule has 1 atom stereocenters. The lowest BCUT2D eigenvalue weighted by Gasteiger charge is -2.17. The van der Waals surface area contributed by atoms with E-state index < -0.39 is 0 Å². The summed E-state index contributed by atoms with van der Waals surface area (Å²) in [5, 5.41) is 3.84. The van der Waals surface area contributed by atoms with Gasteiger partial charge < -0.3 is 5.32 Å². The summed E-state index contributed by atoms with van der Waals surface area (Å²) in [7, 11) is 0. The molecule has 110 valence electrons. The fourth-order valence-electron chi connectivity index (χ4n) is 2.13. The van der Waals surface area contributed by atoms with Crippen molar-refractivity contribution in [3.63, 3.8) is 0 Å². The Kier molecular flexibility index (Phi) is 6.23. The Bertz CT molecular complexity index is 615. The molecule has 0 saturated heterocycles. The molecule has 1 N–H and O–H groups in total. The van der Waals surface area contributed by atoms with Gasteiger partial charge in [-0.15, -0.1) is 0 Å². The highest BCUT2D eigenvalue weighted by atomic mass is 127. The molecule has 0 aliphatic rings. The smallest absolute Gasteiger partial charge is 0.252 e. The van der Waals surface area contributed by atoms with E-state index in [0.29, 0.717) is 0 Å². The third-order valence-corrected chi connectivity index (χ3v) is 5.50. The Hall–Kier alpha value is -0.880. The summed E-state index contributed by atoms with van der Waals surface area (Å²) in [4.78, 5) is 12.4. The molecule has 0 aromatic heterocycles. The molecular formula is C17H17BrINO. The first-order valence-electron chi connectivity index (χ1n) is 6.77. The zero-order valence-electron chi connectivity index (χ0n) is 11.8. The van der Waals surface area contributed by atoms with E-state index >= 15 is 0 Å². The summed E-state index contributed by atoms with van der Waals surface area (Å²) in [6.45, 7) is 2.02. The Morgan fingerprint density at radius 3 is 2.57 bits per heavy atom. The van der Waals surface area contributed by atoms with E-state index in [0.717, 1.165) is 26.4 Å². The molecule has 0 spiro atoms. The number of benzene rings is 2. The van der Waals surface area contributed by atoms with E-state index in [-0.39, 0.29) is 11.9 Å². The average Bonchev–Trinajstić information content (AvgIpc) is 2.50. The van der Waals surface area contributed by atoms with E-state index in [4.69, 9.17) is 0 Å². The predicted molar refractivity (Wildman–Crippen MR) is 99.1 cm³/mol. The van der Waals surface area contributed by atoms with E-state index in [9.17, 15) is 4.79 Å². The first kappa shape index (κ1) is 16.5. The number of hydrogen-bond donors (Lipinski definition) is 1. The number of carbonyl (C=O) groups is 1. The minimum atomic E-state index is -0.0107. The number of carbonyl (C=O) groups excluding carboxylic acids is 1. The number of aryl methyl sites for hydroxylation is 1. The second-order valence-corrected chi connectivity index (χ2v) is 6.68. The van der Waals surface area contributed by atoms with Crippen molar-refractivity contribution in [3.8, 4) is 0 Å². The third kappa shape index (κ3) is 4.54. The van der Waals surface area contributed by atoms with Crippen molar-refractivity contribution in [2.24, 2.45) is 0 Å². The molecule has 4 heteroatoms. The molecule has 0 bridgehead atoms. The van der Waals surface area contributed by atoms with Gasteiger partial charge in [-0.2, -0.15) is 0 Å². The van der Waals surface area contributed by atoms with Gasteiger partial charge >= 0.3 is 0 Å². The summed E-state index contributed by atoms with van der Waals surface area (Å²) in [5.74, 6) is -0.0107. The van der Waals surface area contributed by atoms with Gasteiger partial charge in [-0.1, -0.05) is 58.4 Å². The summed E-state index contributed by atoms with van der Waals surface area (Å²) in [5.41, 5.74) is 3.09. The molecular weight excluding hydrogens is 441 g/mol. The maximum atomic E-state index is 12.4. The third-order valence-electron chi connectivity index (χ3n) is 3.28. The van der Waals surface area contributed by atoms with Crippen molar-refractivity contribution < 1.29 is 4.79 Å². The van der Waals surface area contributed by atoms with Crippen LogP contribution in [0.4, 0.5) is 0 Å². The summed E-state index contributed by atoms with van der Waals surface area (Å²) in [6, 6.07) is 16.1. The van der Waals surface area contributed by atoms with Crippen molar-refractivity contribution in [3.05, 3.63) is 68.8 Å². The molecule has 2 nitrogen and oxygen atoms in total. The number of halogens is 2. The van der Waals surface area contributed by atoms with Crippen LogP contribution in [0.3, 0.4) is 0 Å². The molecule has 0 aliphatic heterocycles. The van der Waals surface area contributed by atoms with Crippen LogP contribution in [0.2, 0.25) is 0 Å². The second-order valence-electron chi connectivity index (χ2n) is 4.95. The molecule has 2 aromatic carbocycles. The van der Waals surface area contributed by atoms with Gasteiger partial charge in [-0.05, 0) is 53.1 Å². The molecule has 2 aromatic rings. The number of amides is 1. The van der Waals surface area contributed by atoms with E-state index in [1.54, 1.807) is 0 Å². The van der Waals surface area contributed by atoms with Gasteiger partial charge in [0.2, 0.25) is 0 Å². The molecule has 2 rings (SSSR count). The number of nitrogens with one attached hydrogen (secondary N) is 1. The van der Waals surface area contributed by atoms with E-state index in [1.807, 2.05) is 43.3 Å². The highest BCUT2D eigenvalue weighted by molar-refractivity contribution is 14.1. The lowest BCUT2D eigenvalue weighted by molar-refractivity contribution is 0.0940. The maximum Gasteiger partial charge on any atom is 0.252 e. The van der Waals surface area contributed by atoms with Crippen molar-refractivity contribution in [2.45, 2.75) is 19.4 Å². The number of rotatable bonds is 5. The number of alkyl halides is 1. The standard InChI is InChI=1S/C17H17BrINO/c1-12-6-5-9-15(16(12)19)17(21)20-14(11-18)10-13-7-3-2-4-8-13/h2-9,14H,10-11H2,1H3,(H,20,21). The van der Waals surface area contributed by atoms with Crippen molar-refractivity contribution in [2.75, 3.05) is 5.33 Å². The molecule has 1 unspecified atom stereocenters. The van der Waals surface area contributed by atoms with Crippen molar-refractivity contribution in [1.29, 1.82) is 0 Å². The summed E-state index contributed by atoms with van der Waals surface area (Å²) in [6.07, 6.45) is 0.820. The van der Waals surface area contributed by atoms with Crippen LogP contribution in [0.25, 0.3) is 0 Å². The molecule has 0 heterocycles. The Balaban J connectivity index is 2.08. The van der Waals surface area contributed by atoms with E-state index in [2.05, 4.69) is 56.0 Å². The fraction of sp³-hybridized carbons (Fsp3) is 0.235. The summed E-state index contributed by atoms with van der Waals surface area (Å²) >= 11 is 5.72. The van der Waals surface area contributed by atoms with Gasteiger partial charge in [0.25, 0.3) is 5.91 Å². The Labute approximate surface area is 147 Å². The van der Waals surface area contributed by atoms with Gasteiger partial charge in [-0.3, -0.25) is 4.79 Å². The fourth-order valence-corrected chi connectivity index (χ4v) is 3.12. The molecule has 0 radical (unpaired) electrons. The average molecular weight is 458 g/mol. The van der Waals surface area contributed by atoms with Gasteiger partial charge in [0, 0.05) is 14.9 Å². The predicted octanol–water partition coefficient (Wildman–Crippen LogP) is 4.34. The van der Waals surface area contributed by atoms with Crippen LogP contribution in [0.1, 0.15) is 21.5 Å². The van der Waals surface area contributed by atoms with Crippen LogP contribution in [-0.4, -0.2) is 17.3 Å². The van der Waals surface area contributed by atoms with Gasteiger partial charge in [0.15, 0.2) is 0 Å². The van der Waals surface area contributed by atoms with Crippen LogP contribution in [-0.2, 0) is 6.42 Å². The minimum absolute atomic E-state index is 0.0107. The van der Waals surface area contributed by atoms with Gasteiger partial charge in [-0.25, -0.2) is 0 Å². The first-order valence-corrected chi connectivity index (χ1v) is 8.97. The molecule has 1 amide bonds. The van der Waals surface area contributed by atoms with Gasteiger partial charge in [0.05, 0.1) is 5.56 Å². The highest BCUT2D eigenvalue weighted by Gasteiger charge is 2.16. The van der Waals surface area contributed by atoms with Crippen LogP contribution < -0.4 is 5.32 Å². The lowest BCUT2D eigenvalue weighted by atomic mass is 10.1. The minimum Gasteiger partial charge on any atom is -0.348 e. The van der Waals surface area contributed by atoms with Crippen molar-refractivity contribution in [1.82, 2.24) is 5.32 Å². The lowest BCUT2D eigenvalue weighted by Crippen LogP contribution is -2.38. The van der Waals surface area contributed by atoms with E-state index in [1.165, 1.54) is 5.56 Å². The van der Waals surface area contributed by atoms with Crippen molar-refractivity contribution >= 4 is 44.4 Å². The number of hydrogen-bond acceptors (Lipinski definition) is 1.